The fraction of sp³-hybridized carbons (Fsp3) is 1.00. The largest absolute Gasteiger partial charge is 0.376 e. The lowest BCUT2D eigenvalue weighted by atomic mass is 10.2. The molecule has 1 saturated heterocycles. The highest BCUT2D eigenvalue weighted by Gasteiger charge is 2.18. The van der Waals surface area contributed by atoms with E-state index in [1.54, 1.807) is 0 Å². The van der Waals surface area contributed by atoms with Gasteiger partial charge in [-0.15, -0.1) is 0 Å². The normalized spacial score (nSPS) is 34.2. The Morgan fingerprint density at radius 3 is 2.90 bits per heavy atom. The SMILES string of the molecule is CC1COCC(CCN)O1. The smallest absolute Gasteiger partial charge is 0.0825 e. The summed E-state index contributed by atoms with van der Waals surface area (Å²) in [5.41, 5.74) is 5.37. The fourth-order valence-corrected chi connectivity index (χ4v) is 1.11. The van der Waals surface area contributed by atoms with E-state index in [4.69, 9.17) is 15.2 Å². The quantitative estimate of drug-likeness (QED) is 0.601. The standard InChI is InChI=1S/C7H15NO2/c1-6-4-9-5-7(10-6)2-3-8/h6-7H,2-5,8H2,1H3. The molecular formula is C7H15NO2. The number of rotatable bonds is 2. The minimum Gasteiger partial charge on any atom is -0.376 e. The zero-order valence-electron chi connectivity index (χ0n) is 6.38. The van der Waals surface area contributed by atoms with E-state index in [1.807, 2.05) is 6.92 Å². The Bertz CT molecular complexity index is 95.6. The van der Waals surface area contributed by atoms with Crippen LogP contribution in [0.15, 0.2) is 0 Å². The van der Waals surface area contributed by atoms with Crippen LogP contribution in [0.5, 0.6) is 0 Å². The summed E-state index contributed by atoms with van der Waals surface area (Å²) in [7, 11) is 0. The lowest BCUT2D eigenvalue weighted by Gasteiger charge is -2.27. The highest BCUT2D eigenvalue weighted by Crippen LogP contribution is 2.09. The van der Waals surface area contributed by atoms with Crippen LogP contribution < -0.4 is 5.73 Å². The molecule has 3 nitrogen and oxygen atoms in total. The van der Waals surface area contributed by atoms with Crippen LogP contribution in [0.25, 0.3) is 0 Å². The van der Waals surface area contributed by atoms with Crippen molar-refractivity contribution >= 4 is 0 Å². The van der Waals surface area contributed by atoms with Crippen LogP contribution in [-0.2, 0) is 9.47 Å². The van der Waals surface area contributed by atoms with Gasteiger partial charge in [-0.05, 0) is 19.9 Å². The minimum atomic E-state index is 0.230. The summed E-state index contributed by atoms with van der Waals surface area (Å²) < 4.78 is 10.8. The molecule has 0 aromatic heterocycles. The van der Waals surface area contributed by atoms with Gasteiger partial charge in [0.05, 0.1) is 25.4 Å². The Kier molecular flexibility index (Phi) is 3.12. The van der Waals surface area contributed by atoms with Crippen molar-refractivity contribution in [2.45, 2.75) is 25.6 Å². The van der Waals surface area contributed by atoms with Gasteiger partial charge in [-0.2, -0.15) is 0 Å². The van der Waals surface area contributed by atoms with Gasteiger partial charge in [0.1, 0.15) is 0 Å². The van der Waals surface area contributed by atoms with Crippen molar-refractivity contribution in [3.8, 4) is 0 Å². The first-order chi connectivity index (χ1) is 4.83. The molecule has 10 heavy (non-hydrogen) atoms. The molecule has 1 heterocycles. The van der Waals surface area contributed by atoms with Crippen molar-refractivity contribution < 1.29 is 9.47 Å². The van der Waals surface area contributed by atoms with Crippen molar-refractivity contribution in [1.82, 2.24) is 0 Å². The summed E-state index contributed by atoms with van der Waals surface area (Å²) >= 11 is 0. The van der Waals surface area contributed by atoms with E-state index in [9.17, 15) is 0 Å². The molecule has 0 aliphatic carbocycles. The molecule has 0 aromatic carbocycles. The van der Waals surface area contributed by atoms with Gasteiger partial charge in [0.15, 0.2) is 0 Å². The number of hydrogen-bond donors (Lipinski definition) is 1. The maximum absolute atomic E-state index is 5.52. The molecule has 0 bridgehead atoms. The van der Waals surface area contributed by atoms with E-state index in [-0.39, 0.29) is 12.2 Å². The van der Waals surface area contributed by atoms with E-state index >= 15 is 0 Å². The Balaban J connectivity index is 2.18. The molecule has 2 atom stereocenters. The average molecular weight is 145 g/mol. The molecule has 0 saturated carbocycles. The zero-order valence-corrected chi connectivity index (χ0v) is 6.38. The Labute approximate surface area is 61.5 Å². The van der Waals surface area contributed by atoms with Gasteiger partial charge in [0.25, 0.3) is 0 Å². The third-order valence-electron chi connectivity index (χ3n) is 1.57. The second-order valence-electron chi connectivity index (χ2n) is 2.68. The van der Waals surface area contributed by atoms with Gasteiger partial charge in [0, 0.05) is 0 Å². The van der Waals surface area contributed by atoms with E-state index in [0.717, 1.165) is 13.0 Å². The first kappa shape index (κ1) is 7.98. The fourth-order valence-electron chi connectivity index (χ4n) is 1.11. The molecule has 1 fully saturated rings. The highest BCUT2D eigenvalue weighted by atomic mass is 16.6. The molecule has 60 valence electrons. The van der Waals surface area contributed by atoms with E-state index in [2.05, 4.69) is 0 Å². The van der Waals surface area contributed by atoms with Crippen LogP contribution in [0, 0.1) is 0 Å². The molecule has 1 aliphatic heterocycles. The minimum absolute atomic E-state index is 0.230. The molecule has 0 radical (unpaired) electrons. The Morgan fingerprint density at radius 2 is 2.30 bits per heavy atom. The summed E-state index contributed by atoms with van der Waals surface area (Å²) in [5.74, 6) is 0. The van der Waals surface area contributed by atoms with Crippen molar-refractivity contribution in [1.29, 1.82) is 0 Å². The summed E-state index contributed by atoms with van der Waals surface area (Å²) in [6, 6.07) is 0. The van der Waals surface area contributed by atoms with Crippen molar-refractivity contribution in [3.05, 3.63) is 0 Å². The van der Waals surface area contributed by atoms with Crippen molar-refractivity contribution in [2.75, 3.05) is 19.8 Å². The number of ether oxygens (including phenoxy) is 2. The first-order valence-corrected chi connectivity index (χ1v) is 3.76. The predicted octanol–water partition coefficient (Wildman–Crippen LogP) is 0.139. The van der Waals surface area contributed by atoms with Gasteiger partial charge >= 0.3 is 0 Å². The highest BCUT2D eigenvalue weighted by molar-refractivity contribution is 4.65. The van der Waals surface area contributed by atoms with Crippen LogP contribution in [0.1, 0.15) is 13.3 Å². The van der Waals surface area contributed by atoms with E-state index in [1.165, 1.54) is 0 Å². The topological polar surface area (TPSA) is 44.5 Å². The second kappa shape index (κ2) is 3.91. The van der Waals surface area contributed by atoms with Crippen molar-refractivity contribution in [2.24, 2.45) is 5.73 Å². The number of nitrogens with two attached hydrogens (primary N) is 1. The molecule has 3 heteroatoms. The molecule has 2 unspecified atom stereocenters. The second-order valence-corrected chi connectivity index (χ2v) is 2.68. The molecule has 0 amide bonds. The summed E-state index contributed by atoms with van der Waals surface area (Å²) in [5, 5.41) is 0. The summed E-state index contributed by atoms with van der Waals surface area (Å²) in [4.78, 5) is 0. The molecule has 1 rings (SSSR count). The molecule has 1 aliphatic rings. The van der Waals surface area contributed by atoms with Gasteiger partial charge < -0.3 is 15.2 Å². The van der Waals surface area contributed by atoms with E-state index < -0.39 is 0 Å². The van der Waals surface area contributed by atoms with Gasteiger partial charge in [-0.25, -0.2) is 0 Å². The lowest BCUT2D eigenvalue weighted by Crippen LogP contribution is -2.35. The number of hydrogen-bond acceptors (Lipinski definition) is 3. The van der Waals surface area contributed by atoms with Crippen LogP contribution in [0.4, 0.5) is 0 Å². The Hall–Kier alpha value is -0.120. The zero-order chi connectivity index (χ0) is 7.40. The monoisotopic (exact) mass is 145 g/mol. The molecule has 0 spiro atoms. The van der Waals surface area contributed by atoms with E-state index in [0.29, 0.717) is 13.2 Å². The lowest BCUT2D eigenvalue weighted by molar-refractivity contribution is -0.131. The van der Waals surface area contributed by atoms with Crippen LogP contribution in [-0.4, -0.2) is 32.0 Å². The van der Waals surface area contributed by atoms with Crippen LogP contribution >= 0.6 is 0 Å². The molecule has 0 aromatic rings. The average Bonchev–Trinajstić information content (AvgIpc) is 1.88. The Morgan fingerprint density at radius 1 is 1.50 bits per heavy atom. The van der Waals surface area contributed by atoms with Gasteiger partial charge in [0.2, 0.25) is 0 Å². The maximum Gasteiger partial charge on any atom is 0.0825 e. The van der Waals surface area contributed by atoms with Gasteiger partial charge in [-0.1, -0.05) is 0 Å². The van der Waals surface area contributed by atoms with Crippen LogP contribution in [0.2, 0.25) is 0 Å². The third-order valence-corrected chi connectivity index (χ3v) is 1.57. The van der Waals surface area contributed by atoms with Gasteiger partial charge in [-0.3, -0.25) is 0 Å². The molecule has 2 N–H and O–H groups in total. The summed E-state index contributed by atoms with van der Waals surface area (Å²) in [6.07, 6.45) is 1.38. The first-order valence-electron chi connectivity index (χ1n) is 3.76. The van der Waals surface area contributed by atoms with Crippen LogP contribution in [0.3, 0.4) is 0 Å². The predicted molar refractivity (Wildman–Crippen MR) is 38.8 cm³/mol. The van der Waals surface area contributed by atoms with Crippen molar-refractivity contribution in [3.63, 3.8) is 0 Å². The molecular weight excluding hydrogens is 130 g/mol. The third kappa shape index (κ3) is 2.25. The summed E-state index contributed by atoms with van der Waals surface area (Å²) in [6.45, 7) is 4.13. The maximum atomic E-state index is 5.52.